The first-order valence-electron chi connectivity index (χ1n) is 4.20. The topological polar surface area (TPSA) is 72.5 Å². The van der Waals surface area contributed by atoms with Gasteiger partial charge < -0.3 is 5.11 Å². The second-order valence-corrected chi connectivity index (χ2v) is 6.23. The van der Waals surface area contributed by atoms with E-state index < -0.39 is 12.7 Å². The van der Waals surface area contributed by atoms with Gasteiger partial charge in [-0.2, -0.15) is 0 Å². The summed E-state index contributed by atoms with van der Waals surface area (Å²) in [4.78, 5) is 0. The molecule has 1 fully saturated rings. The lowest BCUT2D eigenvalue weighted by Gasteiger charge is -2.35. The summed E-state index contributed by atoms with van der Waals surface area (Å²) in [5.41, 5.74) is 0. The molecule has 1 rings (SSSR count). The Labute approximate surface area is 72.5 Å². The quantitative estimate of drug-likeness (QED) is 0.514. The largest absolute Gasteiger partial charge is 0.380 e. The molecule has 3 N–H and O–H groups in total. The van der Waals surface area contributed by atoms with Crippen LogP contribution in [0.25, 0.3) is 0 Å². The van der Waals surface area contributed by atoms with Crippen LogP contribution in [0.3, 0.4) is 0 Å². The van der Waals surface area contributed by atoms with Crippen LogP contribution in [0.2, 0.25) is 0 Å². The van der Waals surface area contributed by atoms with Crippen molar-refractivity contribution in [3.8, 4) is 0 Å². The van der Waals surface area contributed by atoms with Crippen molar-refractivity contribution < 1.29 is 14.3 Å². The van der Waals surface area contributed by atoms with E-state index in [0.29, 0.717) is 12.8 Å². The smallest absolute Gasteiger partial charge is 0.247 e. The van der Waals surface area contributed by atoms with Gasteiger partial charge in [0.1, 0.15) is 5.34 Å². The minimum absolute atomic E-state index is 0.540. The van der Waals surface area contributed by atoms with Crippen molar-refractivity contribution in [1.82, 2.24) is 0 Å². The van der Waals surface area contributed by atoms with Crippen LogP contribution in [0.15, 0.2) is 0 Å². The molecule has 0 heterocycles. The SMILES string of the molecule is CP(=O)(ON)C1(O)CCCCC1. The molecule has 0 radical (unpaired) electrons. The minimum atomic E-state index is -3.03. The molecule has 0 aromatic heterocycles. The summed E-state index contributed by atoms with van der Waals surface area (Å²) in [5, 5.41) is 8.76. The maximum atomic E-state index is 11.7. The molecule has 12 heavy (non-hydrogen) atoms. The van der Waals surface area contributed by atoms with E-state index in [1.54, 1.807) is 0 Å². The molecule has 0 amide bonds. The molecule has 0 saturated heterocycles. The van der Waals surface area contributed by atoms with Crippen LogP contribution in [-0.4, -0.2) is 17.1 Å². The Morgan fingerprint density at radius 1 is 1.42 bits per heavy atom. The van der Waals surface area contributed by atoms with Crippen LogP contribution in [0.4, 0.5) is 0 Å². The van der Waals surface area contributed by atoms with Gasteiger partial charge in [0.2, 0.25) is 7.37 Å². The standard InChI is InChI=1S/C7H16NO3P/c1-12(10,11-8)7(9)5-3-2-4-6-7/h9H,2-6,8H2,1H3. The summed E-state index contributed by atoms with van der Waals surface area (Å²) in [5.74, 6) is 4.90. The van der Waals surface area contributed by atoms with Gasteiger partial charge in [-0.3, -0.25) is 4.57 Å². The van der Waals surface area contributed by atoms with Gasteiger partial charge in [-0.1, -0.05) is 19.3 Å². The zero-order chi connectivity index (χ0) is 9.24. The van der Waals surface area contributed by atoms with Gasteiger partial charge in [0, 0.05) is 6.66 Å². The molecule has 0 spiro atoms. The lowest BCUT2D eigenvalue weighted by atomic mass is 9.97. The van der Waals surface area contributed by atoms with E-state index in [4.69, 9.17) is 5.90 Å². The van der Waals surface area contributed by atoms with Crippen LogP contribution in [-0.2, 0) is 9.19 Å². The molecule has 0 aromatic carbocycles. The Kier molecular flexibility index (Phi) is 2.94. The maximum Gasteiger partial charge on any atom is 0.247 e. The molecular formula is C7H16NO3P. The third-order valence-corrected chi connectivity index (χ3v) is 4.97. The van der Waals surface area contributed by atoms with E-state index in [2.05, 4.69) is 4.62 Å². The van der Waals surface area contributed by atoms with Gasteiger partial charge >= 0.3 is 0 Å². The van der Waals surface area contributed by atoms with E-state index in [9.17, 15) is 9.67 Å². The number of hydrogen-bond donors (Lipinski definition) is 2. The number of rotatable bonds is 2. The average molecular weight is 193 g/mol. The lowest BCUT2D eigenvalue weighted by Crippen LogP contribution is -2.32. The first-order valence-corrected chi connectivity index (χ1v) is 6.27. The van der Waals surface area contributed by atoms with Gasteiger partial charge in [0.05, 0.1) is 0 Å². The van der Waals surface area contributed by atoms with Crippen LogP contribution in [0.1, 0.15) is 32.1 Å². The zero-order valence-electron chi connectivity index (χ0n) is 7.32. The van der Waals surface area contributed by atoms with Gasteiger partial charge in [0.25, 0.3) is 0 Å². The van der Waals surface area contributed by atoms with Crippen molar-refractivity contribution in [3.05, 3.63) is 0 Å². The lowest BCUT2D eigenvalue weighted by molar-refractivity contribution is 0.0642. The van der Waals surface area contributed by atoms with Gasteiger partial charge in [-0.05, 0) is 12.8 Å². The molecule has 1 aliphatic rings. The summed E-state index contributed by atoms with van der Waals surface area (Å²) in [6.07, 6.45) is 3.97. The Morgan fingerprint density at radius 2 is 1.92 bits per heavy atom. The maximum absolute atomic E-state index is 11.7. The van der Waals surface area contributed by atoms with Crippen LogP contribution < -0.4 is 5.90 Å². The molecule has 1 atom stereocenters. The molecule has 0 aromatic rings. The molecule has 1 aliphatic carbocycles. The highest BCUT2D eigenvalue weighted by Crippen LogP contribution is 2.58. The highest BCUT2D eigenvalue weighted by molar-refractivity contribution is 7.59. The summed E-state index contributed by atoms with van der Waals surface area (Å²) in [7, 11) is -3.03. The molecule has 4 nitrogen and oxygen atoms in total. The second-order valence-electron chi connectivity index (χ2n) is 3.49. The summed E-state index contributed by atoms with van der Waals surface area (Å²) in [6, 6.07) is 0. The molecule has 1 saturated carbocycles. The molecular weight excluding hydrogens is 177 g/mol. The summed E-state index contributed by atoms with van der Waals surface area (Å²) < 4.78 is 16.0. The highest BCUT2D eigenvalue weighted by Gasteiger charge is 2.44. The number of aliphatic hydroxyl groups is 1. The van der Waals surface area contributed by atoms with Crippen LogP contribution >= 0.6 is 7.37 Å². The normalized spacial score (nSPS) is 27.9. The Hall–Kier alpha value is 0.110. The average Bonchev–Trinajstić information content (AvgIpc) is 2.06. The second kappa shape index (κ2) is 3.46. The zero-order valence-corrected chi connectivity index (χ0v) is 8.22. The van der Waals surface area contributed by atoms with Crippen molar-refractivity contribution in [3.63, 3.8) is 0 Å². The van der Waals surface area contributed by atoms with E-state index in [1.807, 2.05) is 0 Å². The van der Waals surface area contributed by atoms with E-state index in [0.717, 1.165) is 19.3 Å². The highest BCUT2D eigenvalue weighted by atomic mass is 31.2. The molecule has 5 heteroatoms. The predicted molar refractivity (Wildman–Crippen MR) is 46.8 cm³/mol. The summed E-state index contributed by atoms with van der Waals surface area (Å²) >= 11 is 0. The van der Waals surface area contributed by atoms with Crippen LogP contribution in [0, 0.1) is 0 Å². The first-order chi connectivity index (χ1) is 5.52. The summed E-state index contributed by atoms with van der Waals surface area (Å²) in [6.45, 7) is 1.40. The molecule has 1 unspecified atom stereocenters. The van der Waals surface area contributed by atoms with Crippen molar-refractivity contribution in [2.24, 2.45) is 5.90 Å². The fourth-order valence-electron chi connectivity index (χ4n) is 1.62. The Balaban J connectivity index is 2.75. The number of nitrogens with two attached hydrogens (primary N) is 1. The Bertz CT molecular complexity index is 201. The molecule has 0 aliphatic heterocycles. The van der Waals surface area contributed by atoms with E-state index in [-0.39, 0.29) is 0 Å². The predicted octanol–water partition coefficient (Wildman–Crippen LogP) is 1.44. The van der Waals surface area contributed by atoms with Gasteiger partial charge in [-0.15, -0.1) is 0 Å². The van der Waals surface area contributed by atoms with Gasteiger partial charge in [-0.25, -0.2) is 10.5 Å². The van der Waals surface area contributed by atoms with E-state index in [1.165, 1.54) is 6.66 Å². The molecule has 0 bridgehead atoms. The Morgan fingerprint density at radius 3 is 2.33 bits per heavy atom. The molecule has 72 valence electrons. The fourth-order valence-corrected chi connectivity index (χ4v) is 2.95. The van der Waals surface area contributed by atoms with E-state index >= 15 is 0 Å². The van der Waals surface area contributed by atoms with Crippen LogP contribution in [0.5, 0.6) is 0 Å². The third-order valence-electron chi connectivity index (χ3n) is 2.61. The third kappa shape index (κ3) is 1.72. The first kappa shape index (κ1) is 10.2. The number of hydrogen-bond acceptors (Lipinski definition) is 4. The monoisotopic (exact) mass is 193 g/mol. The van der Waals surface area contributed by atoms with Crippen molar-refractivity contribution in [2.75, 3.05) is 6.66 Å². The van der Waals surface area contributed by atoms with Crippen molar-refractivity contribution >= 4 is 7.37 Å². The minimum Gasteiger partial charge on any atom is -0.380 e. The van der Waals surface area contributed by atoms with Crippen molar-refractivity contribution in [2.45, 2.75) is 37.4 Å². The van der Waals surface area contributed by atoms with Crippen molar-refractivity contribution in [1.29, 1.82) is 0 Å². The van der Waals surface area contributed by atoms with Gasteiger partial charge in [0.15, 0.2) is 0 Å². The fraction of sp³-hybridized carbons (Fsp3) is 1.00.